The zero-order valence-corrected chi connectivity index (χ0v) is 12.3. The van der Waals surface area contributed by atoms with E-state index in [9.17, 15) is 0 Å². The van der Waals surface area contributed by atoms with Gasteiger partial charge in [-0.25, -0.2) is 4.98 Å². The molecule has 0 radical (unpaired) electrons. The van der Waals surface area contributed by atoms with Crippen LogP contribution in [-0.4, -0.2) is 11.0 Å². The third-order valence-corrected chi connectivity index (χ3v) is 4.23. The molecule has 94 valence electrons. The second-order valence-corrected chi connectivity index (χ2v) is 5.94. The molecule has 0 saturated heterocycles. The first kappa shape index (κ1) is 12.9. The minimum Gasteiger partial charge on any atom is -0.367 e. The van der Waals surface area contributed by atoms with Crippen molar-refractivity contribution in [1.82, 2.24) is 4.98 Å². The fraction of sp³-hybridized carbons (Fsp3) is 0.643. The van der Waals surface area contributed by atoms with E-state index in [0.29, 0.717) is 6.04 Å². The van der Waals surface area contributed by atoms with Crippen LogP contribution in [0, 0.1) is 12.8 Å². The lowest BCUT2D eigenvalue weighted by molar-refractivity contribution is 0.316. The van der Waals surface area contributed by atoms with Gasteiger partial charge < -0.3 is 5.32 Å². The van der Waals surface area contributed by atoms with E-state index < -0.39 is 0 Å². The molecule has 0 spiro atoms. The summed E-state index contributed by atoms with van der Waals surface area (Å²) in [4.78, 5) is 4.48. The lowest BCUT2D eigenvalue weighted by Gasteiger charge is -2.32. The summed E-state index contributed by atoms with van der Waals surface area (Å²) >= 11 is 3.46. The summed E-state index contributed by atoms with van der Waals surface area (Å²) in [6.45, 7) is 4.41. The van der Waals surface area contributed by atoms with Crippen LogP contribution in [0.5, 0.6) is 0 Å². The predicted molar refractivity (Wildman–Crippen MR) is 76.3 cm³/mol. The number of rotatable bonds is 3. The SMILES string of the molecule is CCC1CCCCC1Nc1ncc(Br)cc1C. The van der Waals surface area contributed by atoms with Crippen LogP contribution in [0.4, 0.5) is 5.82 Å². The normalized spacial score (nSPS) is 24.6. The third kappa shape index (κ3) is 3.21. The first-order valence-electron chi connectivity index (χ1n) is 6.59. The average molecular weight is 297 g/mol. The quantitative estimate of drug-likeness (QED) is 0.886. The molecule has 1 aliphatic rings. The van der Waals surface area contributed by atoms with Crippen LogP contribution < -0.4 is 5.32 Å². The maximum atomic E-state index is 4.48. The molecular weight excluding hydrogens is 276 g/mol. The number of hydrogen-bond donors (Lipinski definition) is 1. The van der Waals surface area contributed by atoms with E-state index in [-0.39, 0.29) is 0 Å². The summed E-state index contributed by atoms with van der Waals surface area (Å²) in [5.74, 6) is 1.87. The van der Waals surface area contributed by atoms with Crippen LogP contribution in [-0.2, 0) is 0 Å². The van der Waals surface area contributed by atoms with Crippen LogP contribution in [0.3, 0.4) is 0 Å². The van der Waals surface area contributed by atoms with Gasteiger partial charge in [0.25, 0.3) is 0 Å². The molecule has 17 heavy (non-hydrogen) atoms. The number of nitrogens with one attached hydrogen (secondary N) is 1. The second kappa shape index (κ2) is 5.85. The number of hydrogen-bond acceptors (Lipinski definition) is 2. The molecule has 0 aromatic carbocycles. The van der Waals surface area contributed by atoms with Crippen LogP contribution in [0.15, 0.2) is 16.7 Å². The highest BCUT2D eigenvalue weighted by Crippen LogP contribution is 2.30. The number of aromatic nitrogens is 1. The summed E-state index contributed by atoms with van der Waals surface area (Å²) in [5.41, 5.74) is 1.22. The smallest absolute Gasteiger partial charge is 0.129 e. The molecule has 2 rings (SSSR count). The zero-order chi connectivity index (χ0) is 12.3. The largest absolute Gasteiger partial charge is 0.367 e. The van der Waals surface area contributed by atoms with Gasteiger partial charge in [-0.15, -0.1) is 0 Å². The summed E-state index contributed by atoms with van der Waals surface area (Å²) in [6.07, 6.45) is 8.54. The van der Waals surface area contributed by atoms with Gasteiger partial charge in [0.2, 0.25) is 0 Å². The van der Waals surface area contributed by atoms with Crippen molar-refractivity contribution >= 4 is 21.7 Å². The van der Waals surface area contributed by atoms with E-state index >= 15 is 0 Å². The maximum absolute atomic E-state index is 4.48. The lowest BCUT2D eigenvalue weighted by atomic mass is 9.83. The Kier molecular flexibility index (Phi) is 4.43. The molecular formula is C14H21BrN2. The summed E-state index contributed by atoms with van der Waals surface area (Å²) in [7, 11) is 0. The third-order valence-electron chi connectivity index (χ3n) is 3.80. The van der Waals surface area contributed by atoms with E-state index in [4.69, 9.17) is 0 Å². The van der Waals surface area contributed by atoms with Crippen molar-refractivity contribution in [1.29, 1.82) is 0 Å². The fourth-order valence-electron chi connectivity index (χ4n) is 2.75. The van der Waals surface area contributed by atoms with Crippen molar-refractivity contribution in [2.75, 3.05) is 5.32 Å². The van der Waals surface area contributed by atoms with Crippen molar-refractivity contribution in [3.63, 3.8) is 0 Å². The van der Waals surface area contributed by atoms with Crippen molar-refractivity contribution in [3.8, 4) is 0 Å². The van der Waals surface area contributed by atoms with Gasteiger partial charge in [0.05, 0.1) is 0 Å². The first-order chi connectivity index (χ1) is 8.20. The molecule has 2 nitrogen and oxygen atoms in total. The van der Waals surface area contributed by atoms with Crippen LogP contribution in [0.2, 0.25) is 0 Å². The highest BCUT2D eigenvalue weighted by molar-refractivity contribution is 9.10. The van der Waals surface area contributed by atoms with E-state index in [1.165, 1.54) is 37.7 Å². The van der Waals surface area contributed by atoms with Crippen molar-refractivity contribution in [2.24, 2.45) is 5.92 Å². The molecule has 0 bridgehead atoms. The molecule has 1 saturated carbocycles. The van der Waals surface area contributed by atoms with Gasteiger partial charge in [0.1, 0.15) is 5.82 Å². The van der Waals surface area contributed by atoms with Gasteiger partial charge in [-0.1, -0.05) is 26.2 Å². The van der Waals surface area contributed by atoms with Gasteiger partial charge in [0, 0.05) is 16.7 Å². The number of pyridine rings is 1. The molecule has 1 heterocycles. The van der Waals surface area contributed by atoms with Crippen molar-refractivity contribution in [2.45, 2.75) is 52.0 Å². The Hall–Kier alpha value is -0.570. The zero-order valence-electron chi connectivity index (χ0n) is 10.7. The summed E-state index contributed by atoms with van der Waals surface area (Å²) in [6, 6.07) is 2.74. The lowest BCUT2D eigenvalue weighted by Crippen LogP contribution is -2.32. The average Bonchev–Trinajstić information content (AvgIpc) is 2.33. The number of nitrogens with zero attached hydrogens (tertiary/aromatic N) is 1. The minimum absolute atomic E-state index is 0.612. The molecule has 2 unspecified atom stereocenters. The summed E-state index contributed by atoms with van der Waals surface area (Å²) < 4.78 is 1.05. The first-order valence-corrected chi connectivity index (χ1v) is 7.38. The Labute approximate surface area is 112 Å². The van der Waals surface area contributed by atoms with Gasteiger partial charge >= 0.3 is 0 Å². The predicted octanol–water partition coefficient (Wildman–Crippen LogP) is 4.53. The molecule has 1 aliphatic carbocycles. The van der Waals surface area contributed by atoms with Gasteiger partial charge in [-0.2, -0.15) is 0 Å². The van der Waals surface area contributed by atoms with Gasteiger partial charge in [-0.3, -0.25) is 0 Å². The Morgan fingerprint density at radius 1 is 1.41 bits per heavy atom. The Morgan fingerprint density at radius 3 is 2.88 bits per heavy atom. The molecule has 1 fully saturated rings. The molecule has 1 aromatic heterocycles. The van der Waals surface area contributed by atoms with Crippen LogP contribution >= 0.6 is 15.9 Å². The van der Waals surface area contributed by atoms with Gasteiger partial charge in [-0.05, 0) is 53.2 Å². The number of aryl methyl sites for hydroxylation is 1. The second-order valence-electron chi connectivity index (χ2n) is 5.02. The molecule has 0 aliphatic heterocycles. The van der Waals surface area contributed by atoms with E-state index in [1.54, 1.807) is 0 Å². The van der Waals surface area contributed by atoms with Gasteiger partial charge in [0.15, 0.2) is 0 Å². The highest BCUT2D eigenvalue weighted by Gasteiger charge is 2.23. The molecule has 1 aromatic rings. The molecule has 2 atom stereocenters. The minimum atomic E-state index is 0.612. The fourth-order valence-corrected chi connectivity index (χ4v) is 3.20. The standard InChI is InChI=1S/C14H21BrN2/c1-3-11-6-4-5-7-13(11)17-14-10(2)8-12(15)9-16-14/h8-9,11,13H,3-7H2,1-2H3,(H,16,17). The molecule has 0 amide bonds. The Bertz CT molecular complexity index is 378. The van der Waals surface area contributed by atoms with Crippen LogP contribution in [0.1, 0.15) is 44.6 Å². The monoisotopic (exact) mass is 296 g/mol. The Balaban J connectivity index is 2.08. The highest BCUT2D eigenvalue weighted by atomic mass is 79.9. The molecule has 3 heteroatoms. The number of anilines is 1. The van der Waals surface area contributed by atoms with Crippen LogP contribution in [0.25, 0.3) is 0 Å². The van der Waals surface area contributed by atoms with E-state index in [2.05, 4.69) is 46.1 Å². The topological polar surface area (TPSA) is 24.9 Å². The van der Waals surface area contributed by atoms with Crippen molar-refractivity contribution in [3.05, 3.63) is 22.3 Å². The van der Waals surface area contributed by atoms with E-state index in [1.807, 2.05) is 6.20 Å². The molecule has 1 N–H and O–H groups in total. The van der Waals surface area contributed by atoms with Crippen molar-refractivity contribution < 1.29 is 0 Å². The Morgan fingerprint density at radius 2 is 2.18 bits per heavy atom. The van der Waals surface area contributed by atoms with E-state index in [0.717, 1.165) is 16.2 Å². The summed E-state index contributed by atoms with van der Waals surface area (Å²) in [5, 5.41) is 3.65. The maximum Gasteiger partial charge on any atom is 0.129 e. The number of halogens is 1.